The summed E-state index contributed by atoms with van der Waals surface area (Å²) in [4.78, 5) is 27.4. The van der Waals surface area contributed by atoms with Crippen molar-refractivity contribution in [2.24, 2.45) is 5.92 Å². The summed E-state index contributed by atoms with van der Waals surface area (Å²) < 4.78 is 0. The summed E-state index contributed by atoms with van der Waals surface area (Å²) in [6, 6.07) is 3.57. The van der Waals surface area contributed by atoms with Crippen molar-refractivity contribution in [2.45, 2.75) is 26.2 Å². The molecule has 0 bridgehead atoms. The average Bonchev–Trinajstić information content (AvgIpc) is 3.34. The van der Waals surface area contributed by atoms with Crippen LogP contribution in [0.2, 0.25) is 0 Å². The molecule has 1 heterocycles. The molecule has 0 saturated heterocycles. The minimum absolute atomic E-state index is 0.0909. The molecule has 1 saturated carbocycles. The minimum Gasteiger partial charge on any atom is -0.385 e. The zero-order valence-electron chi connectivity index (χ0n) is 12.3. The van der Waals surface area contributed by atoms with Gasteiger partial charge in [-0.3, -0.25) is 14.6 Å². The minimum atomic E-state index is -0.226. The third-order valence-electron chi connectivity index (χ3n) is 3.23. The monoisotopic (exact) mass is 290 g/mol. The van der Waals surface area contributed by atoms with Crippen molar-refractivity contribution in [3.63, 3.8) is 0 Å². The number of pyridine rings is 1. The molecule has 1 aliphatic carbocycles. The van der Waals surface area contributed by atoms with Crippen molar-refractivity contribution < 1.29 is 9.59 Å². The SMILES string of the molecule is CCCNc1ccnc(C(=O)NCCNC(=O)C2CC2)c1. The fraction of sp³-hybridized carbons (Fsp3) is 0.533. The molecular weight excluding hydrogens is 268 g/mol. The number of hydrogen-bond donors (Lipinski definition) is 3. The van der Waals surface area contributed by atoms with Gasteiger partial charge in [0.2, 0.25) is 5.91 Å². The number of nitrogens with one attached hydrogen (secondary N) is 3. The van der Waals surface area contributed by atoms with Crippen LogP contribution in [0.1, 0.15) is 36.7 Å². The largest absolute Gasteiger partial charge is 0.385 e. The first-order chi connectivity index (χ1) is 10.2. The number of nitrogens with zero attached hydrogens (tertiary/aromatic N) is 1. The molecule has 1 aromatic heterocycles. The second-order valence-corrected chi connectivity index (χ2v) is 5.18. The molecular formula is C15H22N4O2. The Bertz CT molecular complexity index is 500. The lowest BCUT2D eigenvalue weighted by Gasteiger charge is -2.08. The molecule has 0 aromatic carbocycles. The molecule has 2 rings (SSSR count). The summed E-state index contributed by atoms with van der Waals surface area (Å²) >= 11 is 0. The number of carbonyl (C=O) groups is 2. The lowest BCUT2D eigenvalue weighted by Crippen LogP contribution is -2.35. The number of aromatic nitrogens is 1. The van der Waals surface area contributed by atoms with Gasteiger partial charge in [-0.05, 0) is 31.4 Å². The van der Waals surface area contributed by atoms with Gasteiger partial charge in [-0.25, -0.2) is 0 Å². The van der Waals surface area contributed by atoms with Crippen LogP contribution in [0.15, 0.2) is 18.3 Å². The van der Waals surface area contributed by atoms with Crippen molar-refractivity contribution in [1.29, 1.82) is 0 Å². The zero-order chi connectivity index (χ0) is 15.1. The number of hydrogen-bond acceptors (Lipinski definition) is 4. The van der Waals surface area contributed by atoms with E-state index in [2.05, 4.69) is 27.9 Å². The molecule has 0 radical (unpaired) electrons. The Morgan fingerprint density at radius 3 is 2.71 bits per heavy atom. The summed E-state index contributed by atoms with van der Waals surface area (Å²) in [6.45, 7) is 3.80. The molecule has 3 N–H and O–H groups in total. The van der Waals surface area contributed by atoms with Crippen molar-refractivity contribution in [1.82, 2.24) is 15.6 Å². The van der Waals surface area contributed by atoms with E-state index in [-0.39, 0.29) is 17.7 Å². The molecule has 1 aliphatic rings. The highest BCUT2D eigenvalue weighted by molar-refractivity contribution is 5.93. The van der Waals surface area contributed by atoms with Crippen LogP contribution in [-0.2, 0) is 4.79 Å². The predicted octanol–water partition coefficient (Wildman–Crippen LogP) is 1.16. The van der Waals surface area contributed by atoms with Gasteiger partial charge in [-0.1, -0.05) is 6.92 Å². The predicted molar refractivity (Wildman–Crippen MR) is 81.1 cm³/mol. The Hall–Kier alpha value is -2.11. The van der Waals surface area contributed by atoms with Gasteiger partial charge < -0.3 is 16.0 Å². The topological polar surface area (TPSA) is 83.1 Å². The average molecular weight is 290 g/mol. The highest BCUT2D eigenvalue weighted by atomic mass is 16.2. The van der Waals surface area contributed by atoms with E-state index in [4.69, 9.17) is 0 Å². The van der Waals surface area contributed by atoms with Crippen LogP contribution in [0.3, 0.4) is 0 Å². The number of carbonyl (C=O) groups excluding carboxylic acids is 2. The van der Waals surface area contributed by atoms with E-state index in [0.29, 0.717) is 18.8 Å². The van der Waals surface area contributed by atoms with Gasteiger partial charge in [-0.15, -0.1) is 0 Å². The standard InChI is InChI=1S/C15H22N4O2/c1-2-6-16-12-5-7-17-13(10-12)15(21)19-9-8-18-14(20)11-3-4-11/h5,7,10-11H,2-4,6,8-9H2,1H3,(H,16,17)(H,18,20)(H,19,21). The van der Waals surface area contributed by atoms with E-state index in [1.807, 2.05) is 6.07 Å². The lowest BCUT2D eigenvalue weighted by atomic mass is 10.3. The maximum absolute atomic E-state index is 11.9. The fourth-order valence-electron chi connectivity index (χ4n) is 1.88. The van der Waals surface area contributed by atoms with Crippen LogP contribution < -0.4 is 16.0 Å². The Morgan fingerprint density at radius 2 is 2.00 bits per heavy atom. The smallest absolute Gasteiger partial charge is 0.270 e. The number of rotatable bonds is 8. The van der Waals surface area contributed by atoms with Crippen LogP contribution in [0.5, 0.6) is 0 Å². The van der Waals surface area contributed by atoms with Gasteiger partial charge in [0.1, 0.15) is 5.69 Å². The summed E-state index contributed by atoms with van der Waals surface area (Å²) in [6.07, 6.45) is 4.60. The Labute approximate surface area is 124 Å². The molecule has 2 amide bonds. The van der Waals surface area contributed by atoms with E-state index < -0.39 is 0 Å². The van der Waals surface area contributed by atoms with Crippen LogP contribution in [-0.4, -0.2) is 36.4 Å². The molecule has 6 heteroatoms. The van der Waals surface area contributed by atoms with Crippen molar-refractivity contribution in [3.05, 3.63) is 24.0 Å². The molecule has 0 unspecified atom stereocenters. The van der Waals surface area contributed by atoms with E-state index >= 15 is 0 Å². The van der Waals surface area contributed by atoms with Gasteiger partial charge in [0, 0.05) is 37.4 Å². The molecule has 0 atom stereocenters. The second-order valence-electron chi connectivity index (χ2n) is 5.18. The Kier molecular flexibility index (Phi) is 5.54. The van der Waals surface area contributed by atoms with Crippen LogP contribution in [0.25, 0.3) is 0 Å². The Balaban J connectivity index is 1.72. The van der Waals surface area contributed by atoms with Crippen molar-refractivity contribution >= 4 is 17.5 Å². The Morgan fingerprint density at radius 1 is 1.24 bits per heavy atom. The highest BCUT2D eigenvalue weighted by Crippen LogP contribution is 2.28. The first kappa shape index (κ1) is 15.3. The van der Waals surface area contributed by atoms with E-state index in [9.17, 15) is 9.59 Å². The van der Waals surface area contributed by atoms with Gasteiger partial charge in [-0.2, -0.15) is 0 Å². The van der Waals surface area contributed by atoms with Gasteiger partial charge >= 0.3 is 0 Å². The van der Waals surface area contributed by atoms with Crippen LogP contribution in [0, 0.1) is 5.92 Å². The molecule has 1 aromatic rings. The first-order valence-electron chi connectivity index (χ1n) is 7.46. The van der Waals surface area contributed by atoms with Crippen molar-refractivity contribution in [2.75, 3.05) is 25.0 Å². The first-order valence-corrected chi connectivity index (χ1v) is 7.46. The van der Waals surface area contributed by atoms with Gasteiger partial charge in [0.25, 0.3) is 5.91 Å². The third kappa shape index (κ3) is 5.06. The molecule has 1 fully saturated rings. The second kappa shape index (κ2) is 7.61. The molecule has 0 aliphatic heterocycles. The van der Waals surface area contributed by atoms with Gasteiger partial charge in [0.15, 0.2) is 0 Å². The van der Waals surface area contributed by atoms with Gasteiger partial charge in [0.05, 0.1) is 0 Å². The van der Waals surface area contributed by atoms with Crippen LogP contribution >= 0.6 is 0 Å². The van der Waals surface area contributed by atoms with E-state index in [1.165, 1.54) is 0 Å². The molecule has 6 nitrogen and oxygen atoms in total. The number of anilines is 1. The summed E-state index contributed by atoms with van der Waals surface area (Å²) in [5, 5.41) is 8.77. The molecule has 0 spiro atoms. The van der Waals surface area contributed by atoms with E-state index in [1.54, 1.807) is 12.3 Å². The maximum Gasteiger partial charge on any atom is 0.270 e. The third-order valence-corrected chi connectivity index (χ3v) is 3.23. The summed E-state index contributed by atoms with van der Waals surface area (Å²) in [7, 11) is 0. The zero-order valence-corrected chi connectivity index (χ0v) is 12.3. The quantitative estimate of drug-likeness (QED) is 0.627. The summed E-state index contributed by atoms with van der Waals surface area (Å²) in [5.74, 6) is 0.0626. The maximum atomic E-state index is 11.9. The van der Waals surface area contributed by atoms with E-state index in [0.717, 1.165) is 31.5 Å². The molecule has 21 heavy (non-hydrogen) atoms. The molecule has 114 valence electrons. The normalized spacial score (nSPS) is 13.6. The van der Waals surface area contributed by atoms with Crippen molar-refractivity contribution in [3.8, 4) is 0 Å². The number of amides is 2. The fourth-order valence-corrected chi connectivity index (χ4v) is 1.88. The highest BCUT2D eigenvalue weighted by Gasteiger charge is 2.28. The lowest BCUT2D eigenvalue weighted by molar-refractivity contribution is -0.122. The van der Waals surface area contributed by atoms with Crippen LogP contribution in [0.4, 0.5) is 5.69 Å². The summed E-state index contributed by atoms with van der Waals surface area (Å²) in [5.41, 5.74) is 1.27.